The Bertz CT molecular complexity index is 1250. The molecule has 5 saturated carbocycles. The highest BCUT2D eigenvalue weighted by molar-refractivity contribution is 5.66. The average molecular weight is 683 g/mol. The van der Waals surface area contributed by atoms with Gasteiger partial charge in [0.2, 0.25) is 0 Å². The average Bonchev–Trinajstić information content (AvgIpc) is 3.61. The summed E-state index contributed by atoms with van der Waals surface area (Å²) < 4.78 is 18.2. The molecule has 6 fully saturated rings. The quantitative estimate of drug-likeness (QED) is 0.147. The molecule has 6 rings (SSSR count). The van der Waals surface area contributed by atoms with Gasteiger partial charge in [-0.3, -0.25) is 4.79 Å². The van der Waals surface area contributed by atoms with E-state index in [1.165, 1.54) is 20.8 Å². The predicted octanol–water partition coefficient (Wildman–Crippen LogP) is 2.43. The number of esters is 1. The molecule has 0 amide bonds. The molecule has 0 unspecified atom stereocenters. The zero-order valence-corrected chi connectivity index (χ0v) is 30.2. The van der Waals surface area contributed by atoms with Crippen molar-refractivity contribution in [2.45, 2.75) is 173 Å². The zero-order valence-electron chi connectivity index (χ0n) is 30.2. The number of fused-ring (bicyclic) bond motifs is 2. The molecule has 1 aliphatic heterocycles. The van der Waals surface area contributed by atoms with Crippen LogP contribution in [-0.2, 0) is 19.0 Å². The van der Waals surface area contributed by atoms with Gasteiger partial charge in [-0.2, -0.15) is 0 Å². The molecule has 11 nitrogen and oxygen atoms in total. The van der Waals surface area contributed by atoms with Gasteiger partial charge in [-0.05, 0) is 112 Å². The number of rotatable bonds is 8. The third-order valence-electron chi connectivity index (χ3n) is 15.6. The van der Waals surface area contributed by atoms with Gasteiger partial charge in [0.15, 0.2) is 6.29 Å². The van der Waals surface area contributed by atoms with Gasteiger partial charge in [-0.15, -0.1) is 0 Å². The first-order valence-electron chi connectivity index (χ1n) is 18.3. The number of aliphatic hydroxyl groups excluding tert-OH is 5. The van der Waals surface area contributed by atoms with Crippen molar-refractivity contribution >= 4 is 5.97 Å². The van der Waals surface area contributed by atoms with Crippen molar-refractivity contribution < 1.29 is 54.8 Å². The molecule has 2 spiro atoms. The summed E-state index contributed by atoms with van der Waals surface area (Å²) in [4.78, 5) is 12.6. The Balaban J connectivity index is 1.29. The normalized spacial score (nSPS) is 51.4. The summed E-state index contributed by atoms with van der Waals surface area (Å²) in [6, 6.07) is 0. The first-order chi connectivity index (χ1) is 22.0. The molecule has 276 valence electrons. The van der Waals surface area contributed by atoms with E-state index in [1.807, 2.05) is 0 Å². The van der Waals surface area contributed by atoms with Gasteiger partial charge in [0.25, 0.3) is 0 Å². The number of hydrogen-bond donors (Lipinski definition) is 7. The minimum Gasteiger partial charge on any atom is -0.459 e. The van der Waals surface area contributed by atoms with Gasteiger partial charge in [0.05, 0.1) is 36.1 Å². The molecule has 1 saturated heterocycles. The fraction of sp³-hybridized carbons (Fsp3) is 0.973. The fourth-order valence-corrected chi connectivity index (χ4v) is 13.0. The summed E-state index contributed by atoms with van der Waals surface area (Å²) in [5.41, 5.74) is -4.15. The summed E-state index contributed by atoms with van der Waals surface area (Å²) in [5.74, 6) is -0.600. The minimum absolute atomic E-state index is 0.0104. The van der Waals surface area contributed by atoms with Gasteiger partial charge in [-0.1, -0.05) is 27.7 Å². The van der Waals surface area contributed by atoms with E-state index in [0.717, 1.165) is 44.9 Å². The van der Waals surface area contributed by atoms with Crippen LogP contribution in [0.5, 0.6) is 0 Å². The smallest absolute Gasteiger partial charge is 0.303 e. The molecule has 11 heteroatoms. The number of hydrogen-bond acceptors (Lipinski definition) is 11. The molecule has 0 aromatic rings. The van der Waals surface area contributed by atoms with Gasteiger partial charge in [0.1, 0.15) is 24.4 Å². The lowest BCUT2D eigenvalue weighted by Gasteiger charge is -2.64. The van der Waals surface area contributed by atoms with E-state index in [4.69, 9.17) is 14.2 Å². The zero-order chi connectivity index (χ0) is 35.6. The molecular weight excluding hydrogens is 620 g/mol. The SMILES string of the molecule is CC(=O)O[C@H]1[C@H](O)[C@H]([C@@](C)(O)CC[C@@H](O)C(C)(C)O)[C@@]2(C)CC[C@@]34C[C@@]35CC[C@H](O[C@@H]3OC[C@@H](O)[C@H](O)[C@H]3O)C(C)(C)[C@H]5CC[C@@H]4[C@]12C. The Morgan fingerprint density at radius 2 is 1.52 bits per heavy atom. The third kappa shape index (κ3) is 5.03. The monoisotopic (exact) mass is 682 g/mol. The van der Waals surface area contributed by atoms with Crippen LogP contribution in [0.25, 0.3) is 0 Å². The highest BCUT2D eigenvalue weighted by atomic mass is 16.7. The molecule has 0 aromatic heterocycles. The van der Waals surface area contributed by atoms with Crippen LogP contribution in [0.2, 0.25) is 0 Å². The van der Waals surface area contributed by atoms with Crippen molar-refractivity contribution in [3.8, 4) is 0 Å². The van der Waals surface area contributed by atoms with Crippen LogP contribution >= 0.6 is 0 Å². The van der Waals surface area contributed by atoms with Gasteiger partial charge < -0.3 is 50.0 Å². The lowest BCUT2D eigenvalue weighted by atomic mass is 9.41. The maximum atomic E-state index is 12.6. The minimum atomic E-state index is -1.40. The second-order valence-corrected chi connectivity index (χ2v) is 18.7. The van der Waals surface area contributed by atoms with E-state index < -0.39 is 76.8 Å². The van der Waals surface area contributed by atoms with Gasteiger partial charge >= 0.3 is 5.97 Å². The summed E-state index contributed by atoms with van der Waals surface area (Å²) in [5, 5.41) is 76.1. The molecule has 0 aromatic carbocycles. The molecule has 0 bridgehead atoms. The summed E-state index contributed by atoms with van der Waals surface area (Å²) in [7, 11) is 0. The van der Waals surface area contributed by atoms with Crippen LogP contribution < -0.4 is 0 Å². The number of ether oxygens (including phenoxy) is 3. The van der Waals surface area contributed by atoms with Crippen molar-refractivity contribution in [3.05, 3.63) is 0 Å². The lowest BCUT2D eigenvalue weighted by molar-refractivity contribution is -0.303. The summed E-state index contributed by atoms with van der Waals surface area (Å²) >= 11 is 0. The van der Waals surface area contributed by atoms with Crippen LogP contribution in [-0.4, -0.2) is 109 Å². The van der Waals surface area contributed by atoms with Crippen LogP contribution in [0.4, 0.5) is 0 Å². The Morgan fingerprint density at radius 3 is 2.15 bits per heavy atom. The molecule has 0 radical (unpaired) electrons. The molecule has 16 atom stereocenters. The summed E-state index contributed by atoms with van der Waals surface area (Å²) in [6.07, 6.45) is -1.45. The molecule has 48 heavy (non-hydrogen) atoms. The second kappa shape index (κ2) is 11.6. The molecule has 7 N–H and O–H groups in total. The van der Waals surface area contributed by atoms with Crippen LogP contribution in [0, 0.1) is 44.8 Å². The topological polar surface area (TPSA) is 186 Å². The Kier molecular flexibility index (Phi) is 8.88. The Morgan fingerprint density at radius 1 is 0.896 bits per heavy atom. The maximum absolute atomic E-state index is 12.6. The maximum Gasteiger partial charge on any atom is 0.303 e. The van der Waals surface area contributed by atoms with Crippen molar-refractivity contribution in [2.75, 3.05) is 6.61 Å². The van der Waals surface area contributed by atoms with E-state index in [0.29, 0.717) is 5.92 Å². The number of carbonyl (C=O) groups excluding carboxylic acids is 1. The number of carbonyl (C=O) groups is 1. The van der Waals surface area contributed by atoms with Crippen molar-refractivity contribution in [1.29, 1.82) is 0 Å². The first-order valence-corrected chi connectivity index (χ1v) is 18.3. The predicted molar refractivity (Wildman–Crippen MR) is 174 cm³/mol. The van der Waals surface area contributed by atoms with Crippen LogP contribution in [0.1, 0.15) is 113 Å². The van der Waals surface area contributed by atoms with Crippen molar-refractivity contribution in [1.82, 2.24) is 0 Å². The van der Waals surface area contributed by atoms with Crippen LogP contribution in [0.3, 0.4) is 0 Å². The first kappa shape index (κ1) is 36.9. The molecule has 6 aliphatic rings. The number of aliphatic hydroxyl groups is 7. The van der Waals surface area contributed by atoms with E-state index in [2.05, 4.69) is 27.7 Å². The Labute approximate surface area is 285 Å². The van der Waals surface area contributed by atoms with E-state index >= 15 is 0 Å². The summed E-state index contributed by atoms with van der Waals surface area (Å²) in [6.45, 7) is 14.9. The van der Waals surface area contributed by atoms with Crippen LogP contribution in [0.15, 0.2) is 0 Å². The lowest BCUT2D eigenvalue weighted by Crippen LogP contribution is -2.62. The Hall–Kier alpha value is -0.890. The third-order valence-corrected chi connectivity index (χ3v) is 15.6. The van der Waals surface area contributed by atoms with E-state index in [9.17, 15) is 40.5 Å². The van der Waals surface area contributed by atoms with E-state index in [1.54, 1.807) is 6.92 Å². The highest BCUT2D eigenvalue weighted by Gasteiger charge is 2.85. The largest absolute Gasteiger partial charge is 0.459 e. The molecular formula is C37H62O11. The van der Waals surface area contributed by atoms with Crippen molar-refractivity contribution in [3.63, 3.8) is 0 Å². The second-order valence-electron chi connectivity index (χ2n) is 18.7. The highest BCUT2D eigenvalue weighted by Crippen LogP contribution is 2.89. The van der Waals surface area contributed by atoms with E-state index in [-0.39, 0.29) is 47.7 Å². The molecule has 5 aliphatic carbocycles. The van der Waals surface area contributed by atoms with Gasteiger partial charge in [0, 0.05) is 18.3 Å². The standard InChI is InChI=1S/C37H62O11/c1-19(38)47-29-27(43)28(34(7,45)13-11-23(40)32(4,5)44)33(6)15-16-37-18-36(37)14-12-24(48-30-26(42)25(41)20(39)17-46-30)31(2,3)21(36)9-10-22(37)35(29,33)8/h20-30,39-45H,9-18H2,1-8H3/t20-,21-,22-,23-,24+,25+,26-,27-,28+,29+,30+,33-,34+,35-,36-,37+/m1/s1. The van der Waals surface area contributed by atoms with Gasteiger partial charge in [-0.25, -0.2) is 0 Å². The molecule has 1 heterocycles. The van der Waals surface area contributed by atoms with Crippen molar-refractivity contribution in [2.24, 2.45) is 44.8 Å². The fourth-order valence-electron chi connectivity index (χ4n) is 13.0.